The van der Waals surface area contributed by atoms with E-state index in [2.05, 4.69) is 10.4 Å². The third kappa shape index (κ3) is 2.79. The number of rotatable bonds is 4. The van der Waals surface area contributed by atoms with E-state index < -0.39 is 11.6 Å². The summed E-state index contributed by atoms with van der Waals surface area (Å²) < 4.78 is 28.0. The molecule has 0 aliphatic carbocycles. The molecule has 1 N–H and O–H groups in total. The van der Waals surface area contributed by atoms with E-state index in [1.165, 1.54) is 0 Å². The number of hydrogen-bond acceptors (Lipinski definition) is 2. The van der Waals surface area contributed by atoms with Gasteiger partial charge in [-0.25, -0.2) is 8.78 Å². The Bertz CT molecular complexity index is 531. The van der Waals surface area contributed by atoms with Gasteiger partial charge in [-0.15, -0.1) is 0 Å². The molecular weight excluding hydrogens is 260 g/mol. The number of aryl methyl sites for hydroxylation is 1. The van der Waals surface area contributed by atoms with E-state index in [1.54, 1.807) is 10.9 Å². The highest BCUT2D eigenvalue weighted by Crippen LogP contribution is 2.26. The van der Waals surface area contributed by atoms with E-state index in [0.29, 0.717) is 13.0 Å². The molecule has 1 aromatic carbocycles. The normalized spacial score (nSPS) is 10.7. The summed E-state index contributed by atoms with van der Waals surface area (Å²) in [5, 5.41) is 6.93. The van der Waals surface area contributed by atoms with E-state index >= 15 is 0 Å². The Morgan fingerprint density at radius 1 is 1.39 bits per heavy atom. The van der Waals surface area contributed by atoms with Crippen LogP contribution in [0.4, 0.5) is 14.5 Å². The fourth-order valence-corrected chi connectivity index (χ4v) is 1.93. The van der Waals surface area contributed by atoms with Gasteiger partial charge in [-0.05, 0) is 12.1 Å². The van der Waals surface area contributed by atoms with E-state index in [4.69, 9.17) is 11.6 Å². The minimum absolute atomic E-state index is 0.0394. The van der Waals surface area contributed by atoms with Crippen LogP contribution in [0.3, 0.4) is 0 Å². The molecule has 0 saturated heterocycles. The molecule has 3 nitrogen and oxygen atoms in total. The Morgan fingerprint density at radius 3 is 2.78 bits per heavy atom. The van der Waals surface area contributed by atoms with Crippen molar-refractivity contribution >= 4 is 17.3 Å². The molecular formula is C12H12ClF2N3. The molecule has 0 unspecified atom stereocenters. The maximum absolute atomic E-state index is 13.5. The average Bonchev–Trinajstić information content (AvgIpc) is 2.68. The zero-order chi connectivity index (χ0) is 13.1. The molecule has 1 heterocycles. The number of aromatic nitrogens is 2. The first-order valence-electron chi connectivity index (χ1n) is 5.43. The van der Waals surface area contributed by atoms with Crippen LogP contribution < -0.4 is 5.32 Å². The zero-order valence-electron chi connectivity index (χ0n) is 9.75. The van der Waals surface area contributed by atoms with Crippen LogP contribution in [0.2, 0.25) is 5.02 Å². The molecule has 0 saturated carbocycles. The van der Waals surface area contributed by atoms with Crippen molar-refractivity contribution in [3.05, 3.63) is 46.7 Å². The molecule has 0 aliphatic heterocycles. The number of hydrogen-bond donors (Lipinski definition) is 1. The zero-order valence-corrected chi connectivity index (χ0v) is 10.5. The van der Waals surface area contributed by atoms with Crippen molar-refractivity contribution < 1.29 is 8.78 Å². The van der Waals surface area contributed by atoms with Gasteiger partial charge in [0.2, 0.25) is 0 Å². The molecule has 0 atom stereocenters. The van der Waals surface area contributed by atoms with Crippen molar-refractivity contribution in [2.75, 3.05) is 11.9 Å². The van der Waals surface area contributed by atoms with Crippen LogP contribution in [0.1, 0.15) is 5.69 Å². The Labute approximate surface area is 108 Å². The highest BCUT2D eigenvalue weighted by molar-refractivity contribution is 6.33. The molecule has 96 valence electrons. The van der Waals surface area contributed by atoms with Crippen LogP contribution in [0, 0.1) is 11.6 Å². The van der Waals surface area contributed by atoms with E-state index in [9.17, 15) is 8.78 Å². The van der Waals surface area contributed by atoms with Crippen molar-refractivity contribution in [3.63, 3.8) is 0 Å². The quantitative estimate of drug-likeness (QED) is 0.926. The summed E-state index contributed by atoms with van der Waals surface area (Å²) >= 11 is 5.77. The minimum atomic E-state index is -0.690. The molecule has 0 spiro atoms. The second-order valence-electron chi connectivity index (χ2n) is 3.87. The van der Waals surface area contributed by atoms with Crippen molar-refractivity contribution in [1.82, 2.24) is 9.78 Å². The smallest absolute Gasteiger partial charge is 0.150 e. The molecule has 6 heteroatoms. The molecule has 2 aromatic rings. The first-order valence-corrected chi connectivity index (χ1v) is 5.81. The first kappa shape index (κ1) is 12.8. The molecule has 0 bridgehead atoms. The summed E-state index contributed by atoms with van der Waals surface area (Å²) in [4.78, 5) is 0. The maximum atomic E-state index is 13.5. The average molecular weight is 272 g/mol. The van der Waals surface area contributed by atoms with Crippen LogP contribution in [0.15, 0.2) is 24.4 Å². The van der Waals surface area contributed by atoms with Crippen molar-refractivity contribution in [2.24, 2.45) is 7.05 Å². The van der Waals surface area contributed by atoms with E-state index in [1.807, 2.05) is 13.1 Å². The predicted octanol–water partition coefficient (Wildman–Crippen LogP) is 3.01. The summed E-state index contributed by atoms with van der Waals surface area (Å²) in [5.41, 5.74) is 1.14. The predicted molar refractivity (Wildman–Crippen MR) is 66.8 cm³/mol. The summed E-state index contributed by atoms with van der Waals surface area (Å²) in [6.45, 7) is 0.488. The van der Waals surface area contributed by atoms with Crippen LogP contribution in [-0.2, 0) is 13.5 Å². The Balaban J connectivity index is 2.01. The molecule has 1 aromatic heterocycles. The maximum Gasteiger partial charge on any atom is 0.150 e. The fourth-order valence-electron chi connectivity index (χ4n) is 1.67. The van der Waals surface area contributed by atoms with Crippen molar-refractivity contribution in [1.29, 1.82) is 0 Å². The molecule has 18 heavy (non-hydrogen) atoms. The second kappa shape index (κ2) is 5.35. The summed E-state index contributed by atoms with van der Waals surface area (Å²) in [6, 6.07) is 3.76. The lowest BCUT2D eigenvalue weighted by Crippen LogP contribution is -2.09. The van der Waals surface area contributed by atoms with Gasteiger partial charge >= 0.3 is 0 Å². The Morgan fingerprint density at radius 2 is 2.17 bits per heavy atom. The molecule has 0 radical (unpaired) electrons. The van der Waals surface area contributed by atoms with Gasteiger partial charge in [0.05, 0.1) is 10.7 Å². The van der Waals surface area contributed by atoms with Crippen LogP contribution in [0.5, 0.6) is 0 Å². The van der Waals surface area contributed by atoms with Gasteiger partial charge in [-0.2, -0.15) is 5.10 Å². The third-order valence-electron chi connectivity index (χ3n) is 2.61. The monoisotopic (exact) mass is 271 g/mol. The lowest BCUT2D eigenvalue weighted by molar-refractivity contribution is 0.585. The van der Waals surface area contributed by atoms with Gasteiger partial charge in [0.1, 0.15) is 5.82 Å². The summed E-state index contributed by atoms with van der Waals surface area (Å²) in [7, 11) is 1.83. The Hall–Kier alpha value is -1.62. The van der Waals surface area contributed by atoms with Gasteiger partial charge in [0.25, 0.3) is 0 Å². The van der Waals surface area contributed by atoms with Crippen LogP contribution in [0.25, 0.3) is 0 Å². The largest absolute Gasteiger partial charge is 0.381 e. The minimum Gasteiger partial charge on any atom is -0.381 e. The van der Waals surface area contributed by atoms with Crippen LogP contribution >= 0.6 is 11.6 Å². The highest BCUT2D eigenvalue weighted by Gasteiger charge is 2.09. The van der Waals surface area contributed by atoms with E-state index in [0.717, 1.165) is 17.8 Å². The lowest BCUT2D eigenvalue weighted by atomic mass is 10.2. The van der Waals surface area contributed by atoms with E-state index in [-0.39, 0.29) is 10.7 Å². The Kier molecular flexibility index (Phi) is 3.81. The number of nitrogens with one attached hydrogen (secondary N) is 1. The summed E-state index contributed by atoms with van der Waals surface area (Å²) in [6.07, 6.45) is 2.37. The standard InChI is InChI=1S/C12H12ClF2N3/c1-18-9(3-5-17-18)2-4-16-12-10(13)6-8(14)7-11(12)15/h3,5-7,16H,2,4H2,1H3. The highest BCUT2D eigenvalue weighted by atomic mass is 35.5. The van der Waals surface area contributed by atoms with Gasteiger partial charge in [-0.1, -0.05) is 11.6 Å². The van der Waals surface area contributed by atoms with Crippen LogP contribution in [-0.4, -0.2) is 16.3 Å². The van der Waals surface area contributed by atoms with Gasteiger partial charge in [-0.3, -0.25) is 4.68 Å². The number of anilines is 1. The lowest BCUT2D eigenvalue weighted by Gasteiger charge is -2.09. The van der Waals surface area contributed by atoms with Gasteiger partial charge in [0.15, 0.2) is 5.82 Å². The van der Waals surface area contributed by atoms with Crippen molar-refractivity contribution in [3.8, 4) is 0 Å². The van der Waals surface area contributed by atoms with Gasteiger partial charge < -0.3 is 5.32 Å². The SMILES string of the molecule is Cn1nccc1CCNc1c(F)cc(F)cc1Cl. The number of nitrogens with zero attached hydrogens (tertiary/aromatic N) is 2. The second-order valence-corrected chi connectivity index (χ2v) is 4.27. The van der Waals surface area contributed by atoms with Crippen molar-refractivity contribution in [2.45, 2.75) is 6.42 Å². The topological polar surface area (TPSA) is 29.9 Å². The first-order chi connectivity index (χ1) is 8.58. The number of benzene rings is 1. The fraction of sp³-hybridized carbons (Fsp3) is 0.250. The molecule has 2 rings (SSSR count). The molecule has 0 amide bonds. The number of halogens is 3. The third-order valence-corrected chi connectivity index (χ3v) is 2.91. The molecule has 0 fully saturated rings. The summed E-state index contributed by atoms with van der Waals surface area (Å²) in [5.74, 6) is -1.38. The molecule has 0 aliphatic rings. The van der Waals surface area contributed by atoms with Gasteiger partial charge in [0, 0.05) is 38.0 Å².